The molecule has 2 aliphatic heterocycles. The number of fused-ring (bicyclic) bond motifs is 2. The number of hydrogen-bond donors (Lipinski definition) is 2. The number of aliphatic hydroxyl groups is 2. The zero-order valence-corrected chi connectivity index (χ0v) is 14.3. The van der Waals surface area contributed by atoms with Gasteiger partial charge in [0.15, 0.2) is 0 Å². The van der Waals surface area contributed by atoms with Crippen LogP contribution in [0.3, 0.4) is 0 Å². The SMILES string of the molecule is OCC(O)CN1CCC2(CC1)OCCc1cn(-c3ccccc3)nc12. The van der Waals surface area contributed by atoms with E-state index < -0.39 is 6.10 Å². The molecule has 4 rings (SSSR count). The highest BCUT2D eigenvalue weighted by Gasteiger charge is 2.43. The Kier molecular flexibility index (Phi) is 4.60. The first-order valence-corrected chi connectivity index (χ1v) is 9.00. The summed E-state index contributed by atoms with van der Waals surface area (Å²) >= 11 is 0. The van der Waals surface area contributed by atoms with Crippen molar-refractivity contribution in [1.82, 2.24) is 14.7 Å². The molecule has 1 atom stereocenters. The minimum absolute atomic E-state index is 0.191. The minimum atomic E-state index is -0.672. The molecule has 2 aromatic rings. The molecule has 6 nitrogen and oxygen atoms in total. The summed E-state index contributed by atoms with van der Waals surface area (Å²) in [7, 11) is 0. The van der Waals surface area contributed by atoms with Crippen LogP contribution in [0.5, 0.6) is 0 Å². The third kappa shape index (κ3) is 3.22. The van der Waals surface area contributed by atoms with Crippen LogP contribution in [0.1, 0.15) is 24.1 Å². The van der Waals surface area contributed by atoms with Gasteiger partial charge < -0.3 is 19.8 Å². The van der Waals surface area contributed by atoms with E-state index in [1.165, 1.54) is 5.56 Å². The Morgan fingerprint density at radius 3 is 2.68 bits per heavy atom. The Morgan fingerprint density at radius 2 is 1.96 bits per heavy atom. The van der Waals surface area contributed by atoms with Crippen LogP contribution in [-0.4, -0.2) is 63.8 Å². The number of para-hydroxylation sites is 1. The van der Waals surface area contributed by atoms with Gasteiger partial charge in [-0.1, -0.05) is 18.2 Å². The smallest absolute Gasteiger partial charge is 0.115 e. The fraction of sp³-hybridized carbons (Fsp3) is 0.526. The summed E-state index contributed by atoms with van der Waals surface area (Å²) in [5.74, 6) is 0. The fourth-order valence-corrected chi connectivity index (χ4v) is 3.95. The molecule has 6 heteroatoms. The Morgan fingerprint density at radius 1 is 1.20 bits per heavy atom. The molecule has 1 aromatic carbocycles. The van der Waals surface area contributed by atoms with E-state index >= 15 is 0 Å². The summed E-state index contributed by atoms with van der Waals surface area (Å²) in [6.45, 7) is 2.73. The summed E-state index contributed by atoms with van der Waals surface area (Å²) < 4.78 is 8.21. The number of rotatable bonds is 4. The molecule has 0 radical (unpaired) electrons. The molecule has 1 saturated heterocycles. The number of aliphatic hydroxyl groups excluding tert-OH is 2. The van der Waals surface area contributed by atoms with Gasteiger partial charge in [-0.05, 0) is 37.0 Å². The molecule has 25 heavy (non-hydrogen) atoms. The van der Waals surface area contributed by atoms with Gasteiger partial charge >= 0.3 is 0 Å². The number of β-amino-alcohol motifs (C(OH)–C–C–N with tert-alkyl or cyclic N) is 1. The number of piperidine rings is 1. The van der Waals surface area contributed by atoms with Crippen LogP contribution in [0.2, 0.25) is 0 Å². The molecule has 0 aliphatic carbocycles. The molecule has 0 bridgehead atoms. The molecular formula is C19H25N3O3. The van der Waals surface area contributed by atoms with Gasteiger partial charge in [0.1, 0.15) is 5.60 Å². The van der Waals surface area contributed by atoms with Crippen molar-refractivity contribution in [3.8, 4) is 5.69 Å². The molecule has 1 spiro atoms. The third-order valence-electron chi connectivity index (χ3n) is 5.34. The van der Waals surface area contributed by atoms with Crippen molar-refractivity contribution >= 4 is 0 Å². The van der Waals surface area contributed by atoms with Crippen molar-refractivity contribution in [3.05, 3.63) is 47.8 Å². The lowest BCUT2D eigenvalue weighted by Crippen LogP contribution is -2.48. The second-order valence-electron chi connectivity index (χ2n) is 7.01. The Bertz CT molecular complexity index is 708. The number of ether oxygens (including phenoxy) is 1. The lowest BCUT2D eigenvalue weighted by Gasteiger charge is -2.43. The summed E-state index contributed by atoms with van der Waals surface area (Å²) in [5.41, 5.74) is 3.10. The van der Waals surface area contributed by atoms with E-state index in [1.807, 2.05) is 22.9 Å². The summed E-state index contributed by atoms with van der Waals surface area (Å²) in [6.07, 6.45) is 4.09. The maximum atomic E-state index is 9.66. The summed E-state index contributed by atoms with van der Waals surface area (Å²) in [5, 5.41) is 23.6. The molecule has 2 N–H and O–H groups in total. The molecule has 134 valence electrons. The highest BCUT2D eigenvalue weighted by atomic mass is 16.5. The van der Waals surface area contributed by atoms with E-state index in [9.17, 15) is 5.11 Å². The van der Waals surface area contributed by atoms with Crippen LogP contribution >= 0.6 is 0 Å². The van der Waals surface area contributed by atoms with Crippen LogP contribution < -0.4 is 0 Å². The molecule has 0 saturated carbocycles. The second-order valence-corrected chi connectivity index (χ2v) is 7.01. The van der Waals surface area contributed by atoms with Crippen molar-refractivity contribution < 1.29 is 14.9 Å². The van der Waals surface area contributed by atoms with Crippen LogP contribution in [-0.2, 0) is 16.8 Å². The van der Waals surface area contributed by atoms with E-state index in [0.29, 0.717) is 6.54 Å². The number of benzene rings is 1. The van der Waals surface area contributed by atoms with Gasteiger partial charge in [0.05, 0.1) is 30.7 Å². The normalized spacial score (nSPS) is 21.2. The standard InChI is InChI=1S/C19H25N3O3/c23-14-17(24)13-21-9-7-19(8-10-21)18-15(6-11-25-19)12-22(20-18)16-4-2-1-3-5-16/h1-5,12,17,23-24H,6-11,13-14H2. The maximum absolute atomic E-state index is 9.66. The topological polar surface area (TPSA) is 70.8 Å². The van der Waals surface area contributed by atoms with Gasteiger partial charge in [-0.2, -0.15) is 5.10 Å². The monoisotopic (exact) mass is 343 g/mol. The number of aromatic nitrogens is 2. The largest absolute Gasteiger partial charge is 0.394 e. The quantitative estimate of drug-likeness (QED) is 0.870. The van der Waals surface area contributed by atoms with E-state index in [4.69, 9.17) is 14.9 Å². The molecule has 2 aliphatic rings. The Hall–Kier alpha value is -1.73. The number of hydrogen-bond acceptors (Lipinski definition) is 5. The zero-order chi connectivity index (χ0) is 17.3. The highest BCUT2D eigenvalue weighted by Crippen LogP contribution is 2.40. The highest BCUT2D eigenvalue weighted by molar-refractivity contribution is 5.35. The lowest BCUT2D eigenvalue weighted by molar-refractivity contribution is -0.104. The third-order valence-corrected chi connectivity index (χ3v) is 5.34. The Balaban J connectivity index is 1.55. The molecule has 1 fully saturated rings. The van der Waals surface area contributed by atoms with E-state index in [0.717, 1.165) is 50.3 Å². The van der Waals surface area contributed by atoms with Crippen molar-refractivity contribution in [2.24, 2.45) is 0 Å². The maximum Gasteiger partial charge on any atom is 0.115 e. The van der Waals surface area contributed by atoms with Gasteiger partial charge in [0.2, 0.25) is 0 Å². The average molecular weight is 343 g/mol. The van der Waals surface area contributed by atoms with Gasteiger partial charge in [0.25, 0.3) is 0 Å². The predicted octanol–water partition coefficient (Wildman–Crippen LogP) is 1.09. The van der Waals surface area contributed by atoms with Gasteiger partial charge in [-0.25, -0.2) is 4.68 Å². The van der Waals surface area contributed by atoms with E-state index in [1.54, 1.807) is 0 Å². The van der Waals surface area contributed by atoms with Crippen molar-refractivity contribution in [2.75, 3.05) is 32.8 Å². The Labute approximate surface area is 147 Å². The summed E-state index contributed by atoms with van der Waals surface area (Å²) in [6, 6.07) is 10.2. The second kappa shape index (κ2) is 6.88. The van der Waals surface area contributed by atoms with Crippen LogP contribution in [0.4, 0.5) is 0 Å². The van der Waals surface area contributed by atoms with Crippen LogP contribution in [0, 0.1) is 0 Å². The first-order chi connectivity index (χ1) is 12.2. The molecule has 1 unspecified atom stereocenters. The fourth-order valence-electron chi connectivity index (χ4n) is 3.95. The molecule has 3 heterocycles. The van der Waals surface area contributed by atoms with Crippen molar-refractivity contribution in [2.45, 2.75) is 31.0 Å². The molecular weight excluding hydrogens is 318 g/mol. The van der Waals surface area contributed by atoms with Crippen LogP contribution in [0.15, 0.2) is 36.5 Å². The minimum Gasteiger partial charge on any atom is -0.394 e. The average Bonchev–Trinajstić information content (AvgIpc) is 3.10. The zero-order valence-electron chi connectivity index (χ0n) is 14.3. The van der Waals surface area contributed by atoms with Crippen molar-refractivity contribution in [1.29, 1.82) is 0 Å². The van der Waals surface area contributed by atoms with Gasteiger partial charge in [0, 0.05) is 25.8 Å². The predicted molar refractivity (Wildman–Crippen MR) is 93.7 cm³/mol. The van der Waals surface area contributed by atoms with Gasteiger partial charge in [-0.3, -0.25) is 0 Å². The number of nitrogens with zero attached hydrogens (tertiary/aromatic N) is 3. The van der Waals surface area contributed by atoms with Crippen LogP contribution in [0.25, 0.3) is 5.69 Å². The summed E-state index contributed by atoms with van der Waals surface area (Å²) in [4.78, 5) is 2.19. The van der Waals surface area contributed by atoms with Crippen molar-refractivity contribution in [3.63, 3.8) is 0 Å². The van der Waals surface area contributed by atoms with Gasteiger partial charge in [-0.15, -0.1) is 0 Å². The van der Waals surface area contributed by atoms with E-state index in [2.05, 4.69) is 23.2 Å². The first-order valence-electron chi connectivity index (χ1n) is 9.00. The lowest BCUT2D eigenvalue weighted by atomic mass is 9.83. The number of likely N-dealkylation sites (tertiary alicyclic amines) is 1. The first kappa shape index (κ1) is 16.7. The van der Waals surface area contributed by atoms with E-state index in [-0.39, 0.29) is 12.2 Å². The molecule has 1 aromatic heterocycles. The molecule has 0 amide bonds.